The van der Waals surface area contributed by atoms with Crippen molar-refractivity contribution in [3.63, 3.8) is 0 Å². The van der Waals surface area contributed by atoms with Crippen molar-refractivity contribution < 1.29 is 35.8 Å². The monoisotopic (exact) mass is 643 g/mol. The van der Waals surface area contributed by atoms with E-state index in [1.165, 1.54) is 7.11 Å². The quantitative estimate of drug-likeness (QED) is 0.241. The summed E-state index contributed by atoms with van der Waals surface area (Å²) in [6.45, 7) is 2.65. The maximum Gasteiger partial charge on any atom is 0.434 e. The van der Waals surface area contributed by atoms with Crippen LogP contribution < -0.4 is 20.5 Å². The Bertz CT molecular complexity index is 1650. The van der Waals surface area contributed by atoms with Gasteiger partial charge >= 0.3 is 12.4 Å². The lowest BCUT2D eigenvalue weighted by atomic mass is 10.2. The zero-order chi connectivity index (χ0) is 31.6. The Hall–Kier alpha value is -4.12. The Morgan fingerprint density at radius 1 is 1.09 bits per heavy atom. The third-order valence-electron chi connectivity index (χ3n) is 6.74. The van der Waals surface area contributed by atoms with Crippen molar-refractivity contribution in [1.29, 1.82) is 0 Å². The van der Waals surface area contributed by atoms with E-state index in [1.807, 2.05) is 0 Å². The molecule has 0 saturated carbocycles. The summed E-state index contributed by atoms with van der Waals surface area (Å²) in [5.74, 6) is 0.567. The predicted molar refractivity (Wildman–Crippen MR) is 149 cm³/mol. The molecule has 0 aliphatic carbocycles. The summed E-state index contributed by atoms with van der Waals surface area (Å²) in [6, 6.07) is 7.66. The van der Waals surface area contributed by atoms with Gasteiger partial charge in [-0.3, -0.25) is 9.48 Å². The van der Waals surface area contributed by atoms with Crippen LogP contribution >= 0.6 is 11.3 Å². The average Bonchev–Trinajstić information content (AvgIpc) is 3.61. The average molecular weight is 644 g/mol. The van der Waals surface area contributed by atoms with E-state index in [9.17, 15) is 31.1 Å². The number of halogens is 6. The van der Waals surface area contributed by atoms with Crippen LogP contribution in [0.2, 0.25) is 0 Å². The first kappa shape index (κ1) is 31.3. The topological polar surface area (TPSA) is 99.3 Å². The SMILES string of the molecule is COc1ccc(Cn2ncc(N[C@@H](C)COCc3cc4n(n3)CCN(c3nc(C(F)(F)F)cs3)C4)c(C(F)(F)F)c2=O)cc1. The van der Waals surface area contributed by atoms with Crippen molar-refractivity contribution in [3.05, 3.63) is 80.5 Å². The highest BCUT2D eigenvalue weighted by Gasteiger charge is 2.38. The van der Waals surface area contributed by atoms with Crippen LogP contribution in [0.25, 0.3) is 0 Å². The van der Waals surface area contributed by atoms with Crippen molar-refractivity contribution in [3.8, 4) is 5.75 Å². The molecule has 10 nitrogen and oxygen atoms in total. The fourth-order valence-corrected chi connectivity index (χ4v) is 5.49. The zero-order valence-electron chi connectivity index (χ0n) is 23.4. The Labute approximate surface area is 250 Å². The summed E-state index contributed by atoms with van der Waals surface area (Å²) in [5.41, 5.74) is -2.13. The number of rotatable bonds is 10. The van der Waals surface area contributed by atoms with E-state index >= 15 is 0 Å². The standard InChI is InChI=1S/C27H27F6N7O3S/c1-16(35-21-10-34-40(24(41)23(21)27(31,32)33)11-17-3-5-20(42-2)6-4-17)13-43-14-18-9-19-12-38(7-8-39(19)37-18)25-36-22(15-44-25)26(28,29)30/h3-6,9-10,15-16,35H,7-8,11-14H2,1-2H3/t16-/m0/s1. The molecule has 0 amide bonds. The largest absolute Gasteiger partial charge is 0.497 e. The maximum absolute atomic E-state index is 14.0. The fraction of sp³-hybridized carbons (Fsp3) is 0.407. The molecule has 0 fully saturated rings. The van der Waals surface area contributed by atoms with Crippen molar-refractivity contribution in [2.45, 2.75) is 51.6 Å². The molecule has 0 spiro atoms. The van der Waals surface area contributed by atoms with Gasteiger partial charge < -0.3 is 19.7 Å². The van der Waals surface area contributed by atoms with E-state index in [-0.39, 0.29) is 24.9 Å². The van der Waals surface area contributed by atoms with Crippen LogP contribution in [-0.4, -0.2) is 50.8 Å². The van der Waals surface area contributed by atoms with Crippen LogP contribution in [0, 0.1) is 0 Å². The summed E-state index contributed by atoms with van der Waals surface area (Å²) in [5, 5.41) is 12.3. The summed E-state index contributed by atoms with van der Waals surface area (Å²) in [7, 11) is 1.49. The number of nitrogens with one attached hydrogen (secondary N) is 1. The number of nitrogens with zero attached hydrogens (tertiary/aromatic N) is 6. The summed E-state index contributed by atoms with van der Waals surface area (Å²) < 4.78 is 93.9. The first-order chi connectivity index (χ1) is 20.8. The van der Waals surface area contributed by atoms with E-state index < -0.39 is 40.9 Å². The molecule has 236 valence electrons. The second-order valence-corrected chi connectivity index (χ2v) is 10.9. The third kappa shape index (κ3) is 7.15. The Kier molecular flexibility index (Phi) is 8.88. The molecule has 0 radical (unpaired) electrons. The Balaban J connectivity index is 1.18. The molecule has 3 aromatic heterocycles. The van der Waals surface area contributed by atoms with Gasteiger partial charge in [0.1, 0.15) is 11.3 Å². The molecule has 0 saturated heterocycles. The number of ether oxygens (including phenoxy) is 2. The van der Waals surface area contributed by atoms with E-state index in [4.69, 9.17) is 9.47 Å². The smallest absolute Gasteiger partial charge is 0.434 e. The number of alkyl halides is 6. The Morgan fingerprint density at radius 3 is 2.50 bits per heavy atom. The molecule has 1 aliphatic heterocycles. The van der Waals surface area contributed by atoms with Gasteiger partial charge in [0.2, 0.25) is 0 Å². The first-order valence-corrected chi connectivity index (χ1v) is 14.2. The van der Waals surface area contributed by atoms with Crippen LogP contribution in [0.5, 0.6) is 5.75 Å². The van der Waals surface area contributed by atoms with Gasteiger partial charge in [0.15, 0.2) is 10.8 Å². The fourth-order valence-electron chi connectivity index (χ4n) is 4.64. The van der Waals surface area contributed by atoms with E-state index in [0.717, 1.165) is 33.3 Å². The minimum absolute atomic E-state index is 0.0140. The number of hydrogen-bond donors (Lipinski definition) is 1. The lowest BCUT2D eigenvalue weighted by Gasteiger charge is -2.27. The number of fused-ring (bicyclic) bond motifs is 1. The van der Waals surface area contributed by atoms with Crippen LogP contribution in [0.4, 0.5) is 37.2 Å². The molecule has 44 heavy (non-hydrogen) atoms. The minimum Gasteiger partial charge on any atom is -0.497 e. The van der Waals surface area contributed by atoms with Gasteiger partial charge in [-0.15, -0.1) is 11.3 Å². The van der Waals surface area contributed by atoms with Crippen LogP contribution in [0.1, 0.15) is 35.1 Å². The Morgan fingerprint density at radius 2 is 1.84 bits per heavy atom. The molecule has 1 aromatic carbocycles. The molecule has 1 aliphatic rings. The van der Waals surface area contributed by atoms with Crippen molar-refractivity contribution in [2.24, 2.45) is 0 Å². The highest BCUT2D eigenvalue weighted by atomic mass is 32.1. The summed E-state index contributed by atoms with van der Waals surface area (Å²) in [6.07, 6.45) is -8.47. The number of anilines is 2. The minimum atomic E-state index is -4.93. The van der Waals surface area contributed by atoms with E-state index in [0.29, 0.717) is 36.6 Å². The second-order valence-electron chi connectivity index (χ2n) is 10.1. The highest BCUT2D eigenvalue weighted by molar-refractivity contribution is 7.13. The third-order valence-corrected chi connectivity index (χ3v) is 7.64. The van der Waals surface area contributed by atoms with Gasteiger partial charge in [-0.1, -0.05) is 12.1 Å². The molecule has 17 heteroatoms. The number of thiazole rings is 1. The van der Waals surface area contributed by atoms with Gasteiger partial charge in [-0.25, -0.2) is 9.67 Å². The molecule has 0 unspecified atom stereocenters. The molecular weight excluding hydrogens is 616 g/mol. The van der Waals surface area contributed by atoms with Crippen molar-refractivity contribution >= 4 is 22.2 Å². The van der Waals surface area contributed by atoms with Gasteiger partial charge in [0, 0.05) is 18.0 Å². The van der Waals surface area contributed by atoms with E-state index in [2.05, 4.69) is 20.5 Å². The number of aromatic nitrogens is 5. The molecule has 4 aromatic rings. The predicted octanol–water partition coefficient (Wildman–Crippen LogP) is 5.03. The number of hydrogen-bond acceptors (Lipinski definition) is 9. The lowest BCUT2D eigenvalue weighted by Crippen LogP contribution is -2.34. The van der Waals surface area contributed by atoms with Crippen molar-refractivity contribution in [1.82, 2.24) is 24.5 Å². The van der Waals surface area contributed by atoms with Gasteiger partial charge in [0.25, 0.3) is 5.56 Å². The molecule has 5 rings (SSSR count). The summed E-state index contributed by atoms with van der Waals surface area (Å²) >= 11 is 0.921. The molecule has 1 atom stereocenters. The lowest BCUT2D eigenvalue weighted by molar-refractivity contribution is -0.140. The second kappa shape index (κ2) is 12.5. The molecule has 4 heterocycles. The zero-order valence-corrected chi connectivity index (χ0v) is 24.3. The molecule has 1 N–H and O–H groups in total. The first-order valence-electron chi connectivity index (χ1n) is 13.3. The van der Waals surface area contributed by atoms with Crippen LogP contribution in [0.3, 0.4) is 0 Å². The van der Waals surface area contributed by atoms with Crippen LogP contribution in [0.15, 0.2) is 46.7 Å². The number of benzene rings is 1. The van der Waals surface area contributed by atoms with Gasteiger partial charge in [0.05, 0.1) is 63.2 Å². The molecule has 0 bridgehead atoms. The molecular formula is C27H27F6N7O3S. The van der Waals surface area contributed by atoms with Crippen molar-refractivity contribution in [2.75, 3.05) is 30.5 Å². The maximum atomic E-state index is 14.0. The van der Waals surface area contributed by atoms with Gasteiger partial charge in [-0.05, 0) is 30.7 Å². The van der Waals surface area contributed by atoms with Gasteiger partial charge in [-0.2, -0.15) is 36.5 Å². The highest BCUT2D eigenvalue weighted by Crippen LogP contribution is 2.34. The summed E-state index contributed by atoms with van der Waals surface area (Å²) in [4.78, 5) is 18.3. The van der Waals surface area contributed by atoms with E-state index in [1.54, 1.807) is 46.8 Å². The number of methoxy groups -OCH3 is 1. The van der Waals surface area contributed by atoms with Crippen LogP contribution in [-0.2, 0) is 43.3 Å². The normalized spacial score (nSPS) is 14.4.